The van der Waals surface area contributed by atoms with E-state index in [-0.39, 0.29) is 5.54 Å². The third-order valence-electron chi connectivity index (χ3n) is 2.68. The molecule has 13 heavy (non-hydrogen) atoms. The number of rotatable bonds is 3. The summed E-state index contributed by atoms with van der Waals surface area (Å²) in [5.74, 6) is 0. The van der Waals surface area contributed by atoms with Gasteiger partial charge in [-0.1, -0.05) is 6.92 Å². The second-order valence-electron chi connectivity index (χ2n) is 3.94. The van der Waals surface area contributed by atoms with E-state index in [1.165, 1.54) is 0 Å². The van der Waals surface area contributed by atoms with E-state index in [2.05, 4.69) is 30.6 Å². The summed E-state index contributed by atoms with van der Waals surface area (Å²) in [6.07, 6.45) is 3.14. The Kier molecular flexibility index (Phi) is 3.71. The average Bonchev–Trinajstić information content (AvgIpc) is 2.18. The molecule has 2 atom stereocenters. The van der Waals surface area contributed by atoms with Crippen LogP contribution < -0.4 is 10.6 Å². The molecule has 1 saturated heterocycles. The first-order valence-electron chi connectivity index (χ1n) is 5.12. The van der Waals surface area contributed by atoms with Crippen molar-refractivity contribution in [2.45, 2.75) is 44.7 Å². The first-order valence-corrected chi connectivity index (χ1v) is 5.12. The van der Waals surface area contributed by atoms with Crippen molar-refractivity contribution in [1.29, 1.82) is 5.26 Å². The highest BCUT2D eigenvalue weighted by Crippen LogP contribution is 2.18. The van der Waals surface area contributed by atoms with Crippen LogP contribution in [0.25, 0.3) is 0 Å². The van der Waals surface area contributed by atoms with Gasteiger partial charge in [0.25, 0.3) is 0 Å². The predicted octanol–water partition coefficient (Wildman–Crippen LogP) is 1.02. The Morgan fingerprint density at radius 3 is 2.92 bits per heavy atom. The fourth-order valence-electron chi connectivity index (χ4n) is 1.65. The molecule has 0 amide bonds. The van der Waals surface area contributed by atoms with Gasteiger partial charge in [0.1, 0.15) is 5.54 Å². The minimum atomic E-state index is -0.303. The summed E-state index contributed by atoms with van der Waals surface area (Å²) in [5.41, 5.74) is -0.303. The van der Waals surface area contributed by atoms with Gasteiger partial charge in [0, 0.05) is 12.6 Å². The molecule has 0 bridgehead atoms. The van der Waals surface area contributed by atoms with Gasteiger partial charge in [0.15, 0.2) is 0 Å². The molecule has 1 aliphatic heterocycles. The lowest BCUT2D eigenvalue weighted by atomic mass is 9.88. The van der Waals surface area contributed by atoms with E-state index in [9.17, 15) is 0 Å². The molecule has 0 radical (unpaired) electrons. The molecule has 0 aromatic carbocycles. The quantitative estimate of drug-likeness (QED) is 0.683. The lowest BCUT2D eigenvalue weighted by molar-refractivity contribution is 0.278. The van der Waals surface area contributed by atoms with Gasteiger partial charge in [-0.3, -0.25) is 5.32 Å². The number of hydrogen-bond donors (Lipinski definition) is 2. The monoisotopic (exact) mass is 181 g/mol. The van der Waals surface area contributed by atoms with Crippen LogP contribution in [-0.4, -0.2) is 24.7 Å². The molecule has 3 heteroatoms. The van der Waals surface area contributed by atoms with Crippen molar-refractivity contribution in [3.05, 3.63) is 0 Å². The smallest absolute Gasteiger partial charge is 0.119 e. The Morgan fingerprint density at radius 2 is 2.46 bits per heavy atom. The van der Waals surface area contributed by atoms with Crippen LogP contribution in [0.2, 0.25) is 0 Å². The summed E-state index contributed by atoms with van der Waals surface area (Å²) in [4.78, 5) is 0. The van der Waals surface area contributed by atoms with Crippen LogP contribution in [0.4, 0.5) is 0 Å². The molecule has 2 unspecified atom stereocenters. The second kappa shape index (κ2) is 4.59. The minimum absolute atomic E-state index is 0.303. The van der Waals surface area contributed by atoms with Crippen LogP contribution in [0.1, 0.15) is 33.1 Å². The summed E-state index contributed by atoms with van der Waals surface area (Å²) < 4.78 is 0. The van der Waals surface area contributed by atoms with Crippen LogP contribution >= 0.6 is 0 Å². The normalized spacial score (nSPS) is 34.1. The van der Waals surface area contributed by atoms with Gasteiger partial charge in [0.2, 0.25) is 0 Å². The van der Waals surface area contributed by atoms with E-state index < -0.39 is 0 Å². The van der Waals surface area contributed by atoms with Gasteiger partial charge in [0.05, 0.1) is 6.07 Å². The van der Waals surface area contributed by atoms with Gasteiger partial charge in [-0.25, -0.2) is 0 Å². The molecule has 1 rings (SSSR count). The lowest BCUT2D eigenvalue weighted by Crippen LogP contribution is -2.57. The fourth-order valence-corrected chi connectivity index (χ4v) is 1.65. The number of piperidine rings is 1. The Labute approximate surface area is 80.5 Å². The van der Waals surface area contributed by atoms with Crippen molar-refractivity contribution in [2.75, 3.05) is 13.1 Å². The largest absolute Gasteiger partial charge is 0.311 e. The summed E-state index contributed by atoms with van der Waals surface area (Å²) >= 11 is 0. The van der Waals surface area contributed by atoms with E-state index in [0.29, 0.717) is 6.04 Å². The molecule has 3 nitrogen and oxygen atoms in total. The molecule has 0 saturated carbocycles. The van der Waals surface area contributed by atoms with Crippen molar-refractivity contribution < 1.29 is 0 Å². The van der Waals surface area contributed by atoms with Crippen molar-refractivity contribution in [2.24, 2.45) is 0 Å². The van der Waals surface area contributed by atoms with E-state index >= 15 is 0 Å². The van der Waals surface area contributed by atoms with Gasteiger partial charge < -0.3 is 5.32 Å². The highest BCUT2D eigenvalue weighted by Gasteiger charge is 2.32. The molecule has 0 spiro atoms. The first-order chi connectivity index (χ1) is 6.22. The van der Waals surface area contributed by atoms with E-state index in [0.717, 1.165) is 32.4 Å². The second-order valence-corrected chi connectivity index (χ2v) is 3.94. The van der Waals surface area contributed by atoms with Crippen molar-refractivity contribution in [1.82, 2.24) is 10.6 Å². The van der Waals surface area contributed by atoms with Crippen LogP contribution in [0, 0.1) is 11.3 Å². The summed E-state index contributed by atoms with van der Waals surface area (Å²) in [6, 6.07) is 2.96. The maximum atomic E-state index is 9.10. The zero-order valence-electron chi connectivity index (χ0n) is 8.56. The molecular formula is C10H19N3. The predicted molar refractivity (Wildman–Crippen MR) is 53.3 cm³/mol. The standard InChI is InChI=1S/C10H19N3/c1-3-6-13-10(7-11)5-4-9(2)12-8-10/h9,12-13H,3-6,8H2,1-2H3. The molecule has 74 valence electrons. The van der Waals surface area contributed by atoms with E-state index in [1.807, 2.05) is 0 Å². The molecule has 0 aliphatic carbocycles. The van der Waals surface area contributed by atoms with E-state index in [1.54, 1.807) is 0 Å². The van der Waals surface area contributed by atoms with Crippen LogP contribution in [0.5, 0.6) is 0 Å². The highest BCUT2D eigenvalue weighted by molar-refractivity contribution is 5.11. The zero-order chi connectivity index (χ0) is 9.73. The first kappa shape index (κ1) is 10.5. The molecule has 2 N–H and O–H groups in total. The maximum absolute atomic E-state index is 9.10. The molecule has 1 fully saturated rings. The molecule has 1 heterocycles. The van der Waals surface area contributed by atoms with Crippen molar-refractivity contribution in [3.8, 4) is 6.07 Å². The van der Waals surface area contributed by atoms with Gasteiger partial charge in [-0.05, 0) is 32.7 Å². The number of nitriles is 1. The van der Waals surface area contributed by atoms with Gasteiger partial charge in [-0.2, -0.15) is 5.26 Å². The summed E-state index contributed by atoms with van der Waals surface area (Å²) in [6.45, 7) is 6.01. The maximum Gasteiger partial charge on any atom is 0.119 e. The minimum Gasteiger partial charge on any atom is -0.311 e. The van der Waals surface area contributed by atoms with Crippen LogP contribution in [0.15, 0.2) is 0 Å². The molecular weight excluding hydrogens is 162 g/mol. The van der Waals surface area contributed by atoms with Gasteiger partial charge in [-0.15, -0.1) is 0 Å². The van der Waals surface area contributed by atoms with Crippen LogP contribution in [0.3, 0.4) is 0 Å². The Balaban J connectivity index is 2.46. The third-order valence-corrected chi connectivity index (χ3v) is 2.68. The average molecular weight is 181 g/mol. The zero-order valence-corrected chi connectivity index (χ0v) is 8.56. The highest BCUT2D eigenvalue weighted by atomic mass is 15.1. The SMILES string of the molecule is CCCNC1(C#N)CCC(C)NC1. The molecule has 0 aromatic heterocycles. The molecule has 1 aliphatic rings. The molecule has 0 aromatic rings. The summed E-state index contributed by atoms with van der Waals surface area (Å²) in [5, 5.41) is 15.8. The van der Waals surface area contributed by atoms with Crippen LogP contribution in [-0.2, 0) is 0 Å². The Morgan fingerprint density at radius 1 is 1.69 bits per heavy atom. The summed E-state index contributed by atoms with van der Waals surface area (Å²) in [7, 11) is 0. The van der Waals surface area contributed by atoms with Crippen molar-refractivity contribution in [3.63, 3.8) is 0 Å². The van der Waals surface area contributed by atoms with Gasteiger partial charge >= 0.3 is 0 Å². The number of hydrogen-bond acceptors (Lipinski definition) is 3. The van der Waals surface area contributed by atoms with E-state index in [4.69, 9.17) is 5.26 Å². The Bertz CT molecular complexity index is 181. The Hall–Kier alpha value is -0.590. The number of nitrogens with zero attached hydrogens (tertiary/aromatic N) is 1. The lowest BCUT2D eigenvalue weighted by Gasteiger charge is -2.35. The van der Waals surface area contributed by atoms with Crippen molar-refractivity contribution >= 4 is 0 Å². The fraction of sp³-hybridized carbons (Fsp3) is 0.900. The number of nitrogens with one attached hydrogen (secondary N) is 2. The topological polar surface area (TPSA) is 47.9 Å². The third kappa shape index (κ3) is 2.68.